The Labute approximate surface area is 153 Å². The molecule has 0 aliphatic carbocycles. The number of carbonyl (C=O) groups is 1. The Morgan fingerprint density at radius 3 is 2.48 bits per heavy atom. The minimum atomic E-state index is -0.168. The molecular weight excluding hydrogens is 382 g/mol. The summed E-state index contributed by atoms with van der Waals surface area (Å²) in [6, 6.07) is 14.8. The van der Waals surface area contributed by atoms with Crippen LogP contribution >= 0.6 is 15.9 Å². The number of nitrogens with zero attached hydrogens (tertiary/aromatic N) is 2. The Bertz CT molecular complexity index is 916. The quantitative estimate of drug-likeness (QED) is 0.694. The lowest BCUT2D eigenvalue weighted by Crippen LogP contribution is -2.24. The van der Waals surface area contributed by atoms with Crippen LogP contribution in [0, 0.1) is 6.92 Å². The van der Waals surface area contributed by atoms with Gasteiger partial charge in [-0.05, 0) is 42.8 Å². The Balaban J connectivity index is 1.78. The number of aryl methyl sites for hydroxylation is 1. The van der Waals surface area contributed by atoms with Crippen molar-refractivity contribution in [2.24, 2.45) is 0 Å². The van der Waals surface area contributed by atoms with Crippen LogP contribution in [-0.2, 0) is 0 Å². The summed E-state index contributed by atoms with van der Waals surface area (Å²) in [7, 11) is 0. The van der Waals surface area contributed by atoms with Crippen LogP contribution in [-0.4, -0.2) is 22.6 Å². The van der Waals surface area contributed by atoms with E-state index in [9.17, 15) is 4.79 Å². The van der Waals surface area contributed by atoms with Gasteiger partial charge in [-0.3, -0.25) is 4.79 Å². The van der Waals surface area contributed by atoms with E-state index in [0.29, 0.717) is 28.4 Å². The number of hydrogen-bond acceptors (Lipinski definition) is 4. The standard InChI is InChI=1S/C19H16BrN3O2/c1-12-5-3-4-6-16(12)19-23-22-18(25-19)15-9-7-14(8-10-15)17(24)21-11-13(2)20/h3-10H,2,11H2,1H3,(H,21,24). The minimum absolute atomic E-state index is 0.168. The molecule has 0 saturated heterocycles. The molecular formula is C19H16BrN3O2. The fourth-order valence-electron chi connectivity index (χ4n) is 2.30. The first kappa shape index (κ1) is 17.1. The Hall–Kier alpha value is -2.73. The van der Waals surface area contributed by atoms with Crippen LogP contribution in [0.15, 0.2) is 64.0 Å². The maximum absolute atomic E-state index is 12.0. The van der Waals surface area contributed by atoms with Crippen LogP contribution < -0.4 is 5.32 Å². The third kappa shape index (κ3) is 4.03. The van der Waals surface area contributed by atoms with Crippen LogP contribution in [0.4, 0.5) is 0 Å². The summed E-state index contributed by atoms with van der Waals surface area (Å²) >= 11 is 3.21. The summed E-state index contributed by atoms with van der Waals surface area (Å²) in [5.74, 6) is 0.725. The third-order valence-electron chi connectivity index (χ3n) is 3.64. The second-order valence-corrected chi connectivity index (χ2v) is 6.63. The van der Waals surface area contributed by atoms with Crippen molar-refractivity contribution in [3.8, 4) is 22.9 Å². The molecule has 25 heavy (non-hydrogen) atoms. The minimum Gasteiger partial charge on any atom is -0.416 e. The van der Waals surface area contributed by atoms with Gasteiger partial charge in [0.1, 0.15) is 0 Å². The number of rotatable bonds is 5. The van der Waals surface area contributed by atoms with Gasteiger partial charge in [0.25, 0.3) is 5.91 Å². The largest absolute Gasteiger partial charge is 0.416 e. The molecule has 0 bridgehead atoms. The monoisotopic (exact) mass is 397 g/mol. The number of carbonyl (C=O) groups excluding carboxylic acids is 1. The maximum atomic E-state index is 12.0. The smallest absolute Gasteiger partial charge is 0.251 e. The van der Waals surface area contributed by atoms with Gasteiger partial charge >= 0.3 is 0 Å². The van der Waals surface area contributed by atoms with Crippen molar-refractivity contribution in [3.05, 3.63) is 70.7 Å². The van der Waals surface area contributed by atoms with Crippen molar-refractivity contribution in [1.82, 2.24) is 15.5 Å². The molecule has 3 rings (SSSR count). The van der Waals surface area contributed by atoms with Crippen LogP contribution in [0.2, 0.25) is 0 Å². The fraction of sp³-hybridized carbons (Fsp3) is 0.105. The molecule has 126 valence electrons. The molecule has 0 fully saturated rings. The molecule has 0 saturated carbocycles. The van der Waals surface area contributed by atoms with E-state index in [2.05, 4.69) is 38.0 Å². The molecule has 1 heterocycles. The van der Waals surface area contributed by atoms with Gasteiger partial charge in [-0.1, -0.05) is 40.7 Å². The van der Waals surface area contributed by atoms with Gasteiger partial charge in [0.05, 0.1) is 0 Å². The molecule has 0 aliphatic heterocycles. The maximum Gasteiger partial charge on any atom is 0.251 e. The second-order valence-electron chi connectivity index (χ2n) is 5.50. The van der Waals surface area contributed by atoms with E-state index in [-0.39, 0.29) is 5.91 Å². The molecule has 1 N–H and O–H groups in total. The topological polar surface area (TPSA) is 68.0 Å². The molecule has 5 nitrogen and oxygen atoms in total. The lowest BCUT2D eigenvalue weighted by molar-refractivity contribution is 0.0958. The summed E-state index contributed by atoms with van der Waals surface area (Å²) in [5, 5.41) is 11.0. The van der Waals surface area contributed by atoms with Crippen LogP contribution in [0.3, 0.4) is 0 Å². The molecule has 0 atom stereocenters. The normalized spacial score (nSPS) is 10.5. The van der Waals surface area contributed by atoms with Gasteiger partial charge in [-0.15, -0.1) is 10.2 Å². The van der Waals surface area contributed by atoms with E-state index in [1.165, 1.54) is 0 Å². The second kappa shape index (κ2) is 7.44. The molecule has 0 aliphatic rings. The highest BCUT2D eigenvalue weighted by Crippen LogP contribution is 2.26. The van der Waals surface area contributed by atoms with E-state index in [0.717, 1.165) is 16.7 Å². The van der Waals surface area contributed by atoms with Gasteiger partial charge in [0.2, 0.25) is 11.8 Å². The fourth-order valence-corrected chi connectivity index (χ4v) is 2.44. The number of aromatic nitrogens is 2. The van der Waals surface area contributed by atoms with Gasteiger partial charge in [0.15, 0.2) is 0 Å². The van der Waals surface area contributed by atoms with Crippen LogP contribution in [0.1, 0.15) is 15.9 Å². The van der Waals surface area contributed by atoms with Gasteiger partial charge in [0, 0.05) is 27.7 Å². The first-order chi connectivity index (χ1) is 12.0. The van der Waals surface area contributed by atoms with Crippen LogP contribution in [0.25, 0.3) is 22.9 Å². The SMILES string of the molecule is C=C(Br)CNC(=O)c1ccc(-c2nnc(-c3ccccc3C)o2)cc1. The molecule has 6 heteroatoms. The van der Waals surface area contributed by atoms with E-state index in [1.807, 2.05) is 31.2 Å². The zero-order chi connectivity index (χ0) is 17.8. The number of benzene rings is 2. The number of nitrogens with one attached hydrogen (secondary N) is 1. The van der Waals surface area contributed by atoms with E-state index < -0.39 is 0 Å². The van der Waals surface area contributed by atoms with Crippen LogP contribution in [0.5, 0.6) is 0 Å². The molecule has 3 aromatic rings. The summed E-state index contributed by atoms with van der Waals surface area (Å²) < 4.78 is 6.49. The zero-order valence-corrected chi connectivity index (χ0v) is 15.2. The first-order valence-corrected chi connectivity index (χ1v) is 8.45. The van der Waals surface area contributed by atoms with Gasteiger partial charge < -0.3 is 9.73 Å². The lowest BCUT2D eigenvalue weighted by atomic mass is 10.1. The molecule has 1 amide bonds. The highest BCUT2D eigenvalue weighted by molar-refractivity contribution is 9.11. The molecule has 0 spiro atoms. The number of hydrogen-bond donors (Lipinski definition) is 1. The zero-order valence-electron chi connectivity index (χ0n) is 13.6. The highest BCUT2D eigenvalue weighted by atomic mass is 79.9. The molecule has 0 unspecified atom stereocenters. The van der Waals surface area contributed by atoms with E-state index in [1.54, 1.807) is 24.3 Å². The third-order valence-corrected chi connectivity index (χ3v) is 3.92. The van der Waals surface area contributed by atoms with Crippen molar-refractivity contribution in [2.45, 2.75) is 6.92 Å². The molecule has 2 aromatic carbocycles. The summed E-state index contributed by atoms with van der Waals surface area (Å²) in [4.78, 5) is 12.0. The van der Waals surface area contributed by atoms with Crippen molar-refractivity contribution < 1.29 is 9.21 Å². The van der Waals surface area contributed by atoms with Crippen molar-refractivity contribution in [1.29, 1.82) is 0 Å². The van der Waals surface area contributed by atoms with Crippen molar-refractivity contribution >= 4 is 21.8 Å². The van der Waals surface area contributed by atoms with E-state index >= 15 is 0 Å². The summed E-state index contributed by atoms with van der Waals surface area (Å²) in [6.07, 6.45) is 0. The van der Waals surface area contributed by atoms with Gasteiger partial charge in [-0.2, -0.15) is 0 Å². The predicted molar refractivity (Wildman–Crippen MR) is 100 cm³/mol. The Morgan fingerprint density at radius 1 is 1.12 bits per heavy atom. The summed E-state index contributed by atoms with van der Waals surface area (Å²) in [6.45, 7) is 6.06. The van der Waals surface area contributed by atoms with Crippen molar-refractivity contribution in [3.63, 3.8) is 0 Å². The lowest BCUT2D eigenvalue weighted by Gasteiger charge is -2.04. The van der Waals surface area contributed by atoms with E-state index in [4.69, 9.17) is 4.42 Å². The van der Waals surface area contributed by atoms with Gasteiger partial charge in [-0.25, -0.2) is 0 Å². The predicted octanol–water partition coefficient (Wildman–Crippen LogP) is 4.35. The highest BCUT2D eigenvalue weighted by Gasteiger charge is 2.13. The Kier molecular flexibility index (Phi) is 5.09. The molecule has 0 radical (unpaired) electrons. The average molecular weight is 398 g/mol. The average Bonchev–Trinajstić information content (AvgIpc) is 3.10. The Morgan fingerprint density at radius 2 is 1.80 bits per heavy atom. The summed E-state index contributed by atoms with van der Waals surface area (Å²) in [5.41, 5.74) is 3.29. The first-order valence-electron chi connectivity index (χ1n) is 7.66. The number of amides is 1. The molecule has 1 aromatic heterocycles. The number of halogens is 1. The van der Waals surface area contributed by atoms with Crippen molar-refractivity contribution in [2.75, 3.05) is 6.54 Å².